The molecule has 0 N–H and O–H groups in total. The minimum Gasteiger partial charge on any atom is -0.497 e. The Balaban J connectivity index is 1.70. The van der Waals surface area contributed by atoms with E-state index < -0.39 is 0 Å². The summed E-state index contributed by atoms with van der Waals surface area (Å²) in [5.41, 5.74) is 2.45. The second-order valence-electron chi connectivity index (χ2n) is 7.44. The van der Waals surface area contributed by atoms with Crippen LogP contribution in [-0.2, 0) is 0 Å². The molecule has 0 fully saturated rings. The van der Waals surface area contributed by atoms with Crippen molar-refractivity contribution in [2.45, 2.75) is 26.2 Å². The third-order valence-electron chi connectivity index (χ3n) is 5.29. The zero-order chi connectivity index (χ0) is 21.6. The number of fused-ring (bicyclic) bond motifs is 1. The van der Waals surface area contributed by atoms with Crippen molar-refractivity contribution in [3.05, 3.63) is 83.9 Å². The summed E-state index contributed by atoms with van der Waals surface area (Å²) in [4.78, 5) is 14.6. The quantitative estimate of drug-likeness (QED) is 0.205. The number of hydrogen-bond donors (Lipinski definition) is 0. The van der Waals surface area contributed by atoms with Crippen LogP contribution in [-0.4, -0.2) is 19.5 Å². The second kappa shape index (κ2) is 9.80. The van der Waals surface area contributed by atoms with Crippen molar-refractivity contribution >= 4 is 27.2 Å². The van der Waals surface area contributed by atoms with Crippen molar-refractivity contribution in [3.8, 4) is 21.9 Å². The third kappa shape index (κ3) is 4.64. The Morgan fingerprint density at radius 1 is 0.903 bits per heavy atom. The van der Waals surface area contributed by atoms with E-state index in [0.29, 0.717) is 12.2 Å². The first-order valence-electron chi connectivity index (χ1n) is 10.6. The summed E-state index contributed by atoms with van der Waals surface area (Å²) in [6.45, 7) is 2.88. The van der Waals surface area contributed by atoms with Gasteiger partial charge in [-0.3, -0.25) is 4.79 Å². The van der Waals surface area contributed by atoms with E-state index in [1.54, 1.807) is 18.4 Å². The van der Waals surface area contributed by atoms with Crippen LogP contribution in [0, 0.1) is 0 Å². The van der Waals surface area contributed by atoms with E-state index in [1.807, 2.05) is 72.8 Å². The number of unbranched alkanes of at least 4 members (excludes halogenated alkanes) is 2. The van der Waals surface area contributed by atoms with Gasteiger partial charge in [-0.25, -0.2) is 0 Å². The maximum atomic E-state index is 13.6. The first-order valence-corrected chi connectivity index (χ1v) is 11.5. The lowest BCUT2D eigenvalue weighted by Crippen LogP contribution is -2.03. The van der Waals surface area contributed by atoms with Crippen molar-refractivity contribution in [3.63, 3.8) is 0 Å². The smallest absolute Gasteiger partial charge is 0.195 e. The van der Waals surface area contributed by atoms with Crippen LogP contribution < -0.4 is 9.47 Å². The highest BCUT2D eigenvalue weighted by molar-refractivity contribution is 7.22. The van der Waals surface area contributed by atoms with Gasteiger partial charge in [-0.2, -0.15) is 0 Å². The molecule has 0 atom stereocenters. The Bertz CT molecular complexity index is 1160. The summed E-state index contributed by atoms with van der Waals surface area (Å²) in [5.74, 6) is 1.61. The fourth-order valence-electron chi connectivity index (χ4n) is 3.61. The zero-order valence-electron chi connectivity index (χ0n) is 17.9. The molecule has 0 bridgehead atoms. The highest BCUT2D eigenvalue weighted by Crippen LogP contribution is 2.41. The molecule has 0 spiro atoms. The monoisotopic (exact) mass is 430 g/mol. The van der Waals surface area contributed by atoms with Crippen molar-refractivity contribution in [2.75, 3.05) is 13.7 Å². The van der Waals surface area contributed by atoms with E-state index >= 15 is 0 Å². The molecule has 4 aromatic rings. The molecule has 158 valence electrons. The van der Waals surface area contributed by atoms with Crippen molar-refractivity contribution < 1.29 is 14.3 Å². The molecule has 0 aliphatic carbocycles. The normalized spacial score (nSPS) is 10.9. The van der Waals surface area contributed by atoms with Gasteiger partial charge in [0.1, 0.15) is 11.5 Å². The maximum absolute atomic E-state index is 13.6. The number of ketones is 1. The van der Waals surface area contributed by atoms with E-state index in [1.165, 1.54) is 6.42 Å². The summed E-state index contributed by atoms with van der Waals surface area (Å²) in [6.07, 6.45) is 3.37. The summed E-state index contributed by atoms with van der Waals surface area (Å²) < 4.78 is 12.2. The van der Waals surface area contributed by atoms with Crippen molar-refractivity contribution in [1.29, 1.82) is 0 Å². The average Bonchev–Trinajstić information content (AvgIpc) is 3.21. The van der Waals surface area contributed by atoms with Gasteiger partial charge in [-0.15, -0.1) is 11.3 Å². The van der Waals surface area contributed by atoms with Gasteiger partial charge >= 0.3 is 0 Å². The molecule has 0 saturated heterocycles. The molecular weight excluding hydrogens is 404 g/mol. The molecule has 1 heterocycles. The van der Waals surface area contributed by atoms with Gasteiger partial charge in [0.05, 0.1) is 13.7 Å². The average molecular weight is 431 g/mol. The molecule has 0 aliphatic heterocycles. The minimum atomic E-state index is 0.0211. The lowest BCUT2D eigenvalue weighted by molar-refractivity contribution is 0.104. The van der Waals surface area contributed by atoms with Crippen molar-refractivity contribution in [1.82, 2.24) is 0 Å². The van der Waals surface area contributed by atoms with E-state index in [9.17, 15) is 4.79 Å². The number of carbonyl (C=O) groups excluding carboxylic acids is 1. The molecule has 1 aromatic heterocycles. The van der Waals surface area contributed by atoms with Crippen LogP contribution in [0.1, 0.15) is 42.1 Å². The summed E-state index contributed by atoms with van der Waals surface area (Å²) in [7, 11) is 1.66. The van der Waals surface area contributed by atoms with E-state index in [4.69, 9.17) is 9.47 Å². The molecule has 4 heteroatoms. The third-order valence-corrected chi connectivity index (χ3v) is 6.49. The van der Waals surface area contributed by atoms with Crippen LogP contribution in [0.4, 0.5) is 0 Å². The molecule has 0 radical (unpaired) electrons. The molecule has 0 saturated carbocycles. The number of benzene rings is 3. The van der Waals surface area contributed by atoms with Gasteiger partial charge < -0.3 is 9.47 Å². The Morgan fingerprint density at radius 2 is 1.65 bits per heavy atom. The van der Waals surface area contributed by atoms with Gasteiger partial charge in [0.25, 0.3) is 0 Å². The number of methoxy groups -OCH3 is 1. The topological polar surface area (TPSA) is 35.5 Å². The second-order valence-corrected chi connectivity index (χ2v) is 8.50. The zero-order valence-corrected chi connectivity index (χ0v) is 18.7. The molecule has 0 amide bonds. The predicted octanol–water partition coefficient (Wildman–Crippen LogP) is 7.38. The fraction of sp³-hybridized carbons (Fsp3) is 0.222. The van der Waals surface area contributed by atoms with Gasteiger partial charge in [0.15, 0.2) is 5.78 Å². The molecule has 31 heavy (non-hydrogen) atoms. The highest BCUT2D eigenvalue weighted by atomic mass is 32.1. The van der Waals surface area contributed by atoms with E-state index in [2.05, 4.69) is 6.92 Å². The summed E-state index contributed by atoms with van der Waals surface area (Å²) in [5, 5.41) is 0.953. The molecule has 0 unspecified atom stereocenters. The largest absolute Gasteiger partial charge is 0.497 e. The van der Waals surface area contributed by atoms with Gasteiger partial charge in [-0.1, -0.05) is 50.1 Å². The van der Waals surface area contributed by atoms with Crippen LogP contribution in [0.15, 0.2) is 72.8 Å². The van der Waals surface area contributed by atoms with Crippen molar-refractivity contribution in [2.24, 2.45) is 0 Å². The highest BCUT2D eigenvalue weighted by Gasteiger charge is 2.22. The van der Waals surface area contributed by atoms with Gasteiger partial charge in [0.2, 0.25) is 0 Å². The Hall–Kier alpha value is -3.11. The summed E-state index contributed by atoms with van der Waals surface area (Å²) in [6, 6.07) is 23.5. The first-order chi connectivity index (χ1) is 15.2. The molecule has 0 aliphatic rings. The number of carbonyl (C=O) groups is 1. The van der Waals surface area contributed by atoms with Crippen LogP contribution >= 0.6 is 11.3 Å². The van der Waals surface area contributed by atoms with Gasteiger partial charge in [-0.05, 0) is 54.4 Å². The Labute approximate surface area is 187 Å². The lowest BCUT2D eigenvalue weighted by atomic mass is 9.97. The van der Waals surface area contributed by atoms with Crippen LogP contribution in [0.5, 0.6) is 11.5 Å². The predicted molar refractivity (Wildman–Crippen MR) is 129 cm³/mol. The molecule has 3 aromatic carbocycles. The van der Waals surface area contributed by atoms with Gasteiger partial charge in [0, 0.05) is 26.1 Å². The van der Waals surface area contributed by atoms with E-state index in [-0.39, 0.29) is 5.78 Å². The first kappa shape index (κ1) is 21.1. The van der Waals surface area contributed by atoms with Crippen LogP contribution in [0.3, 0.4) is 0 Å². The number of rotatable bonds is 9. The maximum Gasteiger partial charge on any atom is 0.195 e. The molecule has 3 nitrogen and oxygen atoms in total. The molecule has 4 rings (SSSR count). The number of ether oxygens (including phenoxy) is 2. The molecular formula is C27H26O3S. The standard InChI is InChI=1S/C27H26O3S/c1-3-4-8-17-30-21-13-11-19(12-14-21)26(28)25-23-16-15-22(29-2)18-24(23)31-27(25)20-9-6-5-7-10-20/h5-7,9-16,18H,3-4,8,17H2,1-2H3. The summed E-state index contributed by atoms with van der Waals surface area (Å²) >= 11 is 1.62. The lowest BCUT2D eigenvalue weighted by Gasteiger charge is -2.08. The minimum absolute atomic E-state index is 0.0211. The Kier molecular flexibility index (Phi) is 6.68. The number of hydrogen-bond acceptors (Lipinski definition) is 4. The van der Waals surface area contributed by atoms with E-state index in [0.717, 1.165) is 50.4 Å². The van der Waals surface area contributed by atoms with Crippen LogP contribution in [0.25, 0.3) is 20.5 Å². The fourth-order valence-corrected chi connectivity index (χ4v) is 4.84. The Morgan fingerprint density at radius 3 is 2.35 bits per heavy atom. The van der Waals surface area contributed by atoms with Crippen LogP contribution in [0.2, 0.25) is 0 Å². The number of thiophene rings is 1. The SMILES string of the molecule is CCCCCOc1ccc(C(=O)c2c(-c3ccccc3)sc3cc(OC)ccc23)cc1.